The SMILES string of the molecule is COC[C@@H]1CN(C(=O)c2cccc(C)c2)C[C@H]1c1nc(C2CC2)no1. The quantitative estimate of drug-likeness (QED) is 0.836. The average Bonchev–Trinajstić information content (AvgIpc) is 3.19. The van der Waals surface area contributed by atoms with Gasteiger partial charge >= 0.3 is 0 Å². The molecular formula is C19H23N3O3. The predicted octanol–water partition coefficient (Wildman–Crippen LogP) is 2.76. The molecule has 2 atom stereocenters. The third-order valence-corrected chi connectivity index (χ3v) is 5.09. The lowest BCUT2D eigenvalue weighted by Crippen LogP contribution is -2.29. The zero-order valence-electron chi connectivity index (χ0n) is 14.6. The Morgan fingerprint density at radius 3 is 2.92 bits per heavy atom. The molecule has 2 aromatic rings. The molecule has 0 radical (unpaired) electrons. The molecule has 2 aliphatic rings. The molecule has 0 bridgehead atoms. The van der Waals surface area contributed by atoms with Gasteiger partial charge in [-0.15, -0.1) is 0 Å². The van der Waals surface area contributed by atoms with Crippen LogP contribution in [-0.2, 0) is 4.74 Å². The van der Waals surface area contributed by atoms with Crippen LogP contribution >= 0.6 is 0 Å². The highest BCUT2D eigenvalue weighted by Gasteiger charge is 2.40. The molecular weight excluding hydrogens is 318 g/mol. The molecule has 1 saturated heterocycles. The maximum atomic E-state index is 12.9. The summed E-state index contributed by atoms with van der Waals surface area (Å²) in [6, 6.07) is 7.71. The minimum atomic E-state index is 0.0358. The standard InChI is InChI=1S/C19H23N3O3/c1-12-4-3-5-14(8-12)19(23)22-9-15(11-24-2)16(10-22)18-20-17(21-25-18)13-6-7-13/h3-5,8,13,15-16H,6-7,9-11H2,1-2H3/t15-,16+/m0/s1. The van der Waals surface area contributed by atoms with Gasteiger partial charge in [-0.2, -0.15) is 4.98 Å². The molecule has 1 aliphatic heterocycles. The number of hydrogen-bond acceptors (Lipinski definition) is 5. The van der Waals surface area contributed by atoms with Crippen LogP contribution in [0, 0.1) is 12.8 Å². The normalized spacial score (nSPS) is 23.2. The van der Waals surface area contributed by atoms with Crippen LogP contribution in [-0.4, -0.2) is 47.8 Å². The third-order valence-electron chi connectivity index (χ3n) is 5.09. The number of aromatic nitrogens is 2. The van der Waals surface area contributed by atoms with E-state index in [0.717, 1.165) is 29.8 Å². The van der Waals surface area contributed by atoms with Crippen LogP contribution in [0.1, 0.15) is 52.3 Å². The monoisotopic (exact) mass is 341 g/mol. The molecule has 6 heteroatoms. The Labute approximate surface area is 147 Å². The molecule has 1 saturated carbocycles. The number of hydrogen-bond donors (Lipinski definition) is 0. The number of benzene rings is 1. The van der Waals surface area contributed by atoms with Crippen molar-refractivity contribution in [1.29, 1.82) is 0 Å². The second-order valence-electron chi connectivity index (χ2n) is 7.17. The number of amides is 1. The fraction of sp³-hybridized carbons (Fsp3) is 0.526. The molecule has 2 fully saturated rings. The lowest BCUT2D eigenvalue weighted by molar-refractivity contribution is 0.0775. The highest BCUT2D eigenvalue weighted by molar-refractivity contribution is 5.94. The molecule has 132 valence electrons. The van der Waals surface area contributed by atoms with Gasteiger partial charge in [0, 0.05) is 37.6 Å². The van der Waals surface area contributed by atoms with Crippen molar-refractivity contribution in [1.82, 2.24) is 15.0 Å². The van der Waals surface area contributed by atoms with E-state index in [2.05, 4.69) is 10.1 Å². The van der Waals surface area contributed by atoms with E-state index < -0.39 is 0 Å². The Balaban J connectivity index is 1.54. The molecule has 1 amide bonds. The van der Waals surface area contributed by atoms with E-state index in [4.69, 9.17) is 9.26 Å². The van der Waals surface area contributed by atoms with Crippen molar-refractivity contribution < 1.29 is 14.1 Å². The van der Waals surface area contributed by atoms with Crippen LogP contribution in [0.25, 0.3) is 0 Å². The Morgan fingerprint density at radius 2 is 2.20 bits per heavy atom. The number of methoxy groups -OCH3 is 1. The van der Waals surface area contributed by atoms with Crippen LogP contribution in [0.2, 0.25) is 0 Å². The van der Waals surface area contributed by atoms with Gasteiger partial charge in [0.2, 0.25) is 5.89 Å². The molecule has 2 heterocycles. The maximum Gasteiger partial charge on any atom is 0.253 e. The second kappa shape index (κ2) is 6.59. The average molecular weight is 341 g/mol. The molecule has 0 N–H and O–H groups in total. The van der Waals surface area contributed by atoms with E-state index in [1.807, 2.05) is 36.1 Å². The lowest BCUT2D eigenvalue weighted by atomic mass is 9.97. The first-order valence-electron chi connectivity index (χ1n) is 8.84. The molecule has 25 heavy (non-hydrogen) atoms. The van der Waals surface area contributed by atoms with E-state index in [-0.39, 0.29) is 17.7 Å². The predicted molar refractivity (Wildman–Crippen MR) is 91.5 cm³/mol. The largest absolute Gasteiger partial charge is 0.384 e. The second-order valence-corrected chi connectivity index (χ2v) is 7.17. The van der Waals surface area contributed by atoms with Crippen LogP contribution < -0.4 is 0 Å². The number of likely N-dealkylation sites (tertiary alicyclic amines) is 1. The number of carbonyl (C=O) groups excluding carboxylic acids is 1. The Morgan fingerprint density at radius 1 is 1.36 bits per heavy atom. The molecule has 0 unspecified atom stereocenters. The Bertz CT molecular complexity index is 769. The summed E-state index contributed by atoms with van der Waals surface area (Å²) in [5.74, 6) is 2.18. The number of aryl methyl sites for hydroxylation is 1. The van der Waals surface area contributed by atoms with Crippen molar-refractivity contribution in [3.63, 3.8) is 0 Å². The molecule has 0 spiro atoms. The zero-order chi connectivity index (χ0) is 17.4. The first-order valence-corrected chi connectivity index (χ1v) is 8.84. The number of carbonyl (C=O) groups is 1. The highest BCUT2D eigenvalue weighted by atomic mass is 16.5. The minimum absolute atomic E-state index is 0.0358. The van der Waals surface area contributed by atoms with Gasteiger partial charge in [-0.25, -0.2) is 0 Å². The third kappa shape index (κ3) is 3.31. The van der Waals surface area contributed by atoms with Crippen molar-refractivity contribution in [2.45, 2.75) is 31.6 Å². The van der Waals surface area contributed by atoms with Gasteiger partial charge in [0.1, 0.15) is 0 Å². The minimum Gasteiger partial charge on any atom is -0.384 e. The van der Waals surface area contributed by atoms with Crippen molar-refractivity contribution in [3.05, 3.63) is 47.1 Å². The van der Waals surface area contributed by atoms with Crippen molar-refractivity contribution >= 4 is 5.91 Å². The number of rotatable bonds is 5. The van der Waals surface area contributed by atoms with Crippen LogP contribution in [0.5, 0.6) is 0 Å². The first-order chi connectivity index (χ1) is 12.2. The molecule has 1 aromatic heterocycles. The van der Waals surface area contributed by atoms with Gasteiger partial charge in [-0.3, -0.25) is 4.79 Å². The summed E-state index contributed by atoms with van der Waals surface area (Å²) in [6.45, 7) is 3.80. The van der Waals surface area contributed by atoms with Gasteiger partial charge in [-0.05, 0) is 31.9 Å². The fourth-order valence-electron chi connectivity index (χ4n) is 3.57. The van der Waals surface area contributed by atoms with Gasteiger partial charge in [-0.1, -0.05) is 22.9 Å². The smallest absolute Gasteiger partial charge is 0.253 e. The summed E-state index contributed by atoms with van der Waals surface area (Å²) in [7, 11) is 1.69. The van der Waals surface area contributed by atoms with E-state index >= 15 is 0 Å². The van der Waals surface area contributed by atoms with Crippen molar-refractivity contribution in [3.8, 4) is 0 Å². The lowest BCUT2D eigenvalue weighted by Gasteiger charge is -2.16. The number of ether oxygens (including phenoxy) is 1. The summed E-state index contributed by atoms with van der Waals surface area (Å²) in [4.78, 5) is 19.3. The van der Waals surface area contributed by atoms with Gasteiger partial charge < -0.3 is 14.2 Å². The van der Waals surface area contributed by atoms with Crippen LogP contribution in [0.3, 0.4) is 0 Å². The summed E-state index contributed by atoms with van der Waals surface area (Å²) in [6.07, 6.45) is 2.28. The summed E-state index contributed by atoms with van der Waals surface area (Å²) in [5.41, 5.74) is 1.81. The molecule has 1 aliphatic carbocycles. The summed E-state index contributed by atoms with van der Waals surface area (Å²) < 4.78 is 10.9. The zero-order valence-corrected chi connectivity index (χ0v) is 14.6. The fourth-order valence-corrected chi connectivity index (χ4v) is 3.57. The maximum absolute atomic E-state index is 12.9. The topological polar surface area (TPSA) is 68.5 Å². The van der Waals surface area contributed by atoms with Gasteiger partial charge in [0.15, 0.2) is 5.82 Å². The van der Waals surface area contributed by atoms with Crippen LogP contribution in [0.15, 0.2) is 28.8 Å². The van der Waals surface area contributed by atoms with E-state index in [9.17, 15) is 4.79 Å². The van der Waals surface area contributed by atoms with Crippen molar-refractivity contribution in [2.24, 2.45) is 5.92 Å². The highest BCUT2D eigenvalue weighted by Crippen LogP contribution is 2.40. The van der Waals surface area contributed by atoms with E-state index in [0.29, 0.717) is 31.5 Å². The van der Waals surface area contributed by atoms with E-state index in [1.54, 1.807) is 7.11 Å². The number of nitrogens with zero attached hydrogens (tertiary/aromatic N) is 3. The molecule has 6 nitrogen and oxygen atoms in total. The van der Waals surface area contributed by atoms with Crippen molar-refractivity contribution in [2.75, 3.05) is 26.8 Å². The Kier molecular flexibility index (Phi) is 4.29. The summed E-state index contributed by atoms with van der Waals surface area (Å²) in [5, 5.41) is 4.13. The summed E-state index contributed by atoms with van der Waals surface area (Å²) >= 11 is 0. The molecule has 1 aromatic carbocycles. The van der Waals surface area contributed by atoms with Gasteiger partial charge in [0.05, 0.1) is 12.5 Å². The van der Waals surface area contributed by atoms with Crippen LogP contribution in [0.4, 0.5) is 0 Å². The van der Waals surface area contributed by atoms with Gasteiger partial charge in [0.25, 0.3) is 5.91 Å². The Hall–Kier alpha value is -2.21. The first kappa shape index (κ1) is 16.3. The van der Waals surface area contributed by atoms with E-state index in [1.165, 1.54) is 0 Å². The molecule has 4 rings (SSSR count).